The Bertz CT molecular complexity index is 560. The van der Waals surface area contributed by atoms with Crippen LogP contribution in [0.3, 0.4) is 0 Å². The second-order valence-electron chi connectivity index (χ2n) is 4.64. The van der Waals surface area contributed by atoms with E-state index in [4.69, 9.17) is 0 Å². The molecule has 1 aromatic heterocycles. The van der Waals surface area contributed by atoms with Crippen molar-refractivity contribution >= 4 is 0 Å². The van der Waals surface area contributed by atoms with E-state index in [9.17, 15) is 4.79 Å². The summed E-state index contributed by atoms with van der Waals surface area (Å²) in [5.74, 6) is 0. The minimum atomic E-state index is 0.0422. The van der Waals surface area contributed by atoms with Crippen molar-refractivity contribution in [3.63, 3.8) is 0 Å². The molecule has 0 aliphatic carbocycles. The largest absolute Gasteiger partial charge is 0.319 e. The van der Waals surface area contributed by atoms with Gasteiger partial charge < -0.3 is 4.57 Å². The van der Waals surface area contributed by atoms with Crippen LogP contribution >= 0.6 is 0 Å². The summed E-state index contributed by atoms with van der Waals surface area (Å²) >= 11 is 0. The van der Waals surface area contributed by atoms with E-state index < -0.39 is 0 Å². The first-order valence-corrected chi connectivity index (χ1v) is 6.03. The molecule has 3 heteroatoms. The van der Waals surface area contributed by atoms with Crippen molar-refractivity contribution in [3.05, 3.63) is 70.1 Å². The van der Waals surface area contributed by atoms with Crippen LogP contribution in [-0.4, -0.2) is 16.5 Å². The number of pyridine rings is 1. The number of aryl methyl sites for hydroxylation is 1. The van der Waals surface area contributed by atoms with Gasteiger partial charge in [-0.3, -0.25) is 9.69 Å². The number of rotatable bonds is 4. The third kappa shape index (κ3) is 3.31. The van der Waals surface area contributed by atoms with Gasteiger partial charge in [0, 0.05) is 32.4 Å². The number of benzene rings is 1. The molecule has 0 saturated carbocycles. The van der Waals surface area contributed by atoms with Gasteiger partial charge in [0.25, 0.3) is 5.56 Å². The molecule has 0 bridgehead atoms. The molecule has 0 fully saturated rings. The van der Waals surface area contributed by atoms with Gasteiger partial charge in [-0.1, -0.05) is 30.3 Å². The zero-order valence-corrected chi connectivity index (χ0v) is 10.8. The monoisotopic (exact) mass is 242 g/mol. The van der Waals surface area contributed by atoms with Gasteiger partial charge in [0.05, 0.1) is 0 Å². The normalized spacial score (nSPS) is 10.8. The standard InChI is InChI=1S/C15H18N2O/c1-16(11-13-6-4-3-5-7-13)12-14-8-9-17(2)15(18)10-14/h3-10H,11-12H2,1-2H3. The van der Waals surface area contributed by atoms with Crippen molar-refractivity contribution in [2.24, 2.45) is 7.05 Å². The van der Waals surface area contributed by atoms with Crippen LogP contribution in [0.1, 0.15) is 11.1 Å². The Morgan fingerprint density at radius 1 is 1.06 bits per heavy atom. The highest BCUT2D eigenvalue weighted by Crippen LogP contribution is 2.06. The summed E-state index contributed by atoms with van der Waals surface area (Å²) in [6, 6.07) is 14.0. The summed E-state index contributed by atoms with van der Waals surface area (Å²) < 4.78 is 1.58. The SMILES string of the molecule is CN(Cc1ccccc1)Cc1ccn(C)c(=O)c1. The van der Waals surface area contributed by atoms with E-state index in [1.54, 1.807) is 17.7 Å². The Balaban J connectivity index is 2.01. The summed E-state index contributed by atoms with van der Waals surface area (Å²) in [7, 11) is 3.82. The molecule has 0 aliphatic heterocycles. The molecule has 0 aliphatic rings. The Morgan fingerprint density at radius 3 is 2.39 bits per heavy atom. The fraction of sp³-hybridized carbons (Fsp3) is 0.267. The van der Waals surface area contributed by atoms with Gasteiger partial charge >= 0.3 is 0 Å². The van der Waals surface area contributed by atoms with Crippen molar-refractivity contribution in [3.8, 4) is 0 Å². The van der Waals surface area contributed by atoms with Crippen LogP contribution < -0.4 is 5.56 Å². The molecule has 94 valence electrons. The van der Waals surface area contributed by atoms with Gasteiger partial charge in [0.15, 0.2) is 0 Å². The lowest BCUT2D eigenvalue weighted by Crippen LogP contribution is -2.20. The molecule has 0 saturated heterocycles. The molecule has 0 atom stereocenters. The van der Waals surface area contributed by atoms with E-state index in [1.807, 2.05) is 30.5 Å². The Kier molecular flexibility index (Phi) is 3.95. The number of hydrogen-bond acceptors (Lipinski definition) is 2. The third-order valence-corrected chi connectivity index (χ3v) is 2.92. The highest BCUT2D eigenvalue weighted by atomic mass is 16.1. The number of hydrogen-bond donors (Lipinski definition) is 0. The van der Waals surface area contributed by atoms with E-state index in [1.165, 1.54) is 5.56 Å². The van der Waals surface area contributed by atoms with Crippen molar-refractivity contribution in [2.45, 2.75) is 13.1 Å². The molecule has 2 rings (SSSR count). The highest BCUT2D eigenvalue weighted by Gasteiger charge is 2.02. The lowest BCUT2D eigenvalue weighted by molar-refractivity contribution is 0.318. The molecule has 1 aromatic carbocycles. The summed E-state index contributed by atoms with van der Waals surface area (Å²) in [6.45, 7) is 1.67. The van der Waals surface area contributed by atoms with Crippen LogP contribution in [0.5, 0.6) is 0 Å². The van der Waals surface area contributed by atoms with Crippen LogP contribution in [0.25, 0.3) is 0 Å². The second-order valence-corrected chi connectivity index (χ2v) is 4.64. The maximum absolute atomic E-state index is 11.5. The smallest absolute Gasteiger partial charge is 0.250 e. The Hall–Kier alpha value is -1.87. The summed E-state index contributed by atoms with van der Waals surface area (Å²) in [5, 5.41) is 0. The predicted molar refractivity (Wildman–Crippen MR) is 73.3 cm³/mol. The second kappa shape index (κ2) is 5.65. The van der Waals surface area contributed by atoms with Crippen LogP contribution in [0.2, 0.25) is 0 Å². The summed E-state index contributed by atoms with van der Waals surface area (Å²) in [4.78, 5) is 13.7. The molecule has 18 heavy (non-hydrogen) atoms. The van der Waals surface area contributed by atoms with Crippen molar-refractivity contribution in [1.82, 2.24) is 9.47 Å². The fourth-order valence-electron chi connectivity index (χ4n) is 1.95. The summed E-state index contributed by atoms with van der Waals surface area (Å²) in [6.07, 6.45) is 1.81. The van der Waals surface area contributed by atoms with Crippen LogP contribution in [0.15, 0.2) is 53.5 Å². The molecule has 0 amide bonds. The van der Waals surface area contributed by atoms with Crippen molar-refractivity contribution in [2.75, 3.05) is 7.05 Å². The molecular weight excluding hydrogens is 224 g/mol. The lowest BCUT2D eigenvalue weighted by Gasteiger charge is -2.16. The van der Waals surface area contributed by atoms with Crippen molar-refractivity contribution < 1.29 is 0 Å². The minimum absolute atomic E-state index is 0.0422. The molecule has 0 spiro atoms. The molecular formula is C15H18N2O. The van der Waals surface area contributed by atoms with Crippen LogP contribution in [-0.2, 0) is 20.1 Å². The van der Waals surface area contributed by atoms with E-state index in [-0.39, 0.29) is 5.56 Å². The quantitative estimate of drug-likeness (QED) is 0.819. The zero-order chi connectivity index (χ0) is 13.0. The first-order valence-electron chi connectivity index (χ1n) is 6.03. The zero-order valence-electron chi connectivity index (χ0n) is 10.8. The lowest BCUT2D eigenvalue weighted by atomic mass is 10.2. The minimum Gasteiger partial charge on any atom is -0.319 e. The average Bonchev–Trinajstić information content (AvgIpc) is 2.35. The van der Waals surface area contributed by atoms with E-state index in [0.29, 0.717) is 0 Å². The number of aromatic nitrogens is 1. The van der Waals surface area contributed by atoms with Gasteiger partial charge in [0.2, 0.25) is 0 Å². The average molecular weight is 242 g/mol. The molecule has 1 heterocycles. The number of nitrogens with zero attached hydrogens (tertiary/aromatic N) is 2. The van der Waals surface area contributed by atoms with Crippen molar-refractivity contribution in [1.29, 1.82) is 0 Å². The first kappa shape index (κ1) is 12.6. The molecule has 0 N–H and O–H groups in total. The van der Waals surface area contributed by atoms with E-state index in [0.717, 1.165) is 18.7 Å². The predicted octanol–water partition coefficient (Wildman–Crippen LogP) is 2.02. The molecule has 0 unspecified atom stereocenters. The molecule has 3 nitrogen and oxygen atoms in total. The summed E-state index contributed by atoms with van der Waals surface area (Å²) in [5.41, 5.74) is 2.38. The van der Waals surface area contributed by atoms with Gasteiger partial charge in [-0.15, -0.1) is 0 Å². The van der Waals surface area contributed by atoms with Crippen LogP contribution in [0.4, 0.5) is 0 Å². The Labute approximate surface area is 107 Å². The highest BCUT2D eigenvalue weighted by molar-refractivity contribution is 5.15. The van der Waals surface area contributed by atoms with Gasteiger partial charge in [-0.2, -0.15) is 0 Å². The van der Waals surface area contributed by atoms with E-state index >= 15 is 0 Å². The first-order chi connectivity index (χ1) is 8.65. The molecule has 0 radical (unpaired) electrons. The van der Waals surface area contributed by atoms with Crippen LogP contribution in [0, 0.1) is 0 Å². The molecule has 2 aromatic rings. The maximum Gasteiger partial charge on any atom is 0.250 e. The van der Waals surface area contributed by atoms with Gasteiger partial charge in [0.1, 0.15) is 0 Å². The maximum atomic E-state index is 11.5. The van der Waals surface area contributed by atoms with E-state index in [2.05, 4.69) is 24.1 Å². The topological polar surface area (TPSA) is 25.2 Å². The van der Waals surface area contributed by atoms with Gasteiger partial charge in [-0.05, 0) is 24.2 Å². The fourth-order valence-corrected chi connectivity index (χ4v) is 1.95. The third-order valence-electron chi connectivity index (χ3n) is 2.92. The van der Waals surface area contributed by atoms with Gasteiger partial charge in [-0.25, -0.2) is 0 Å². The Morgan fingerprint density at radius 2 is 1.72 bits per heavy atom.